The molecule has 2 rings (SSSR count). The highest BCUT2D eigenvalue weighted by molar-refractivity contribution is 8.00. The van der Waals surface area contributed by atoms with E-state index in [0.717, 1.165) is 0 Å². The van der Waals surface area contributed by atoms with Gasteiger partial charge in [-0.15, -0.1) is 11.8 Å². The predicted octanol–water partition coefficient (Wildman–Crippen LogP) is 0.632. The first kappa shape index (κ1) is 22.8. The van der Waals surface area contributed by atoms with E-state index < -0.39 is 47.9 Å². The molecule has 0 aromatic carbocycles. The number of β-lactam (4-membered cyclic amide) rings is 1. The van der Waals surface area contributed by atoms with Crippen LogP contribution in [0.1, 0.15) is 20.8 Å². The summed E-state index contributed by atoms with van der Waals surface area (Å²) in [5, 5.41) is -0.416. The summed E-state index contributed by atoms with van der Waals surface area (Å²) in [6.07, 6.45) is -3.25. The van der Waals surface area contributed by atoms with Gasteiger partial charge in [-0.2, -0.15) is 0 Å². The normalized spacial score (nSPS) is 21.8. The summed E-state index contributed by atoms with van der Waals surface area (Å²) in [7, 11) is 3.04. The molecule has 1 saturated heterocycles. The molecule has 0 aliphatic carbocycles. The smallest absolute Gasteiger partial charge is 0.445 e. The van der Waals surface area contributed by atoms with Crippen LogP contribution >= 0.6 is 11.8 Å². The highest BCUT2D eigenvalue weighted by atomic mass is 32.2. The van der Waals surface area contributed by atoms with Gasteiger partial charge in [0.05, 0.1) is 6.10 Å². The van der Waals surface area contributed by atoms with E-state index in [4.69, 9.17) is 24.7 Å². The Labute approximate surface area is 172 Å². The summed E-state index contributed by atoms with van der Waals surface area (Å²) < 4.78 is 20.0. The lowest BCUT2D eigenvalue weighted by molar-refractivity contribution is -0.169. The van der Waals surface area contributed by atoms with Gasteiger partial charge in [0.15, 0.2) is 0 Å². The first-order valence-corrected chi connectivity index (χ1v) is 9.92. The summed E-state index contributed by atoms with van der Waals surface area (Å²) in [5.74, 6) is -1.02. The second-order valence-electron chi connectivity index (χ2n) is 6.84. The Bertz CT molecular complexity index is 723. The number of nitrogens with zero attached hydrogens (tertiary/aromatic N) is 2. The number of rotatable bonds is 6. The molecule has 11 nitrogen and oxygen atoms in total. The molecule has 0 spiro atoms. The molecule has 1 fully saturated rings. The van der Waals surface area contributed by atoms with E-state index in [-0.39, 0.29) is 12.3 Å². The van der Waals surface area contributed by atoms with Crippen molar-refractivity contribution in [3.8, 4) is 0 Å². The lowest BCUT2D eigenvalue weighted by Gasteiger charge is -2.48. The minimum atomic E-state index is -1.26. The third kappa shape index (κ3) is 5.32. The average molecular weight is 431 g/mol. The van der Waals surface area contributed by atoms with Crippen molar-refractivity contribution in [3.05, 3.63) is 11.3 Å². The largest absolute Gasteiger partial charge is 0.511 e. The van der Waals surface area contributed by atoms with E-state index in [9.17, 15) is 19.2 Å². The van der Waals surface area contributed by atoms with E-state index in [1.807, 2.05) is 0 Å². The number of carbonyl (C=O) groups excluding carboxylic acids is 4. The van der Waals surface area contributed by atoms with Crippen LogP contribution in [0.2, 0.25) is 0 Å². The number of hydrogen-bond donors (Lipinski definition) is 1. The van der Waals surface area contributed by atoms with Gasteiger partial charge in [0.1, 0.15) is 23.7 Å². The average Bonchev–Trinajstić information content (AvgIpc) is 2.63. The fourth-order valence-corrected chi connectivity index (χ4v) is 3.82. The monoisotopic (exact) mass is 431 g/mol. The molecular formula is C17H25N3O8S. The van der Waals surface area contributed by atoms with E-state index in [2.05, 4.69) is 0 Å². The third-order valence-corrected chi connectivity index (χ3v) is 5.24. The fourth-order valence-electron chi connectivity index (χ4n) is 2.54. The molecule has 2 heterocycles. The van der Waals surface area contributed by atoms with Gasteiger partial charge in [-0.3, -0.25) is 9.69 Å². The van der Waals surface area contributed by atoms with Gasteiger partial charge in [-0.1, -0.05) is 0 Å². The number of carbonyl (C=O) groups is 4. The van der Waals surface area contributed by atoms with Crippen LogP contribution in [0.4, 0.5) is 9.59 Å². The van der Waals surface area contributed by atoms with Crippen LogP contribution in [0.5, 0.6) is 0 Å². The summed E-state index contributed by atoms with van der Waals surface area (Å²) >= 11 is 1.35. The maximum atomic E-state index is 12.7. The van der Waals surface area contributed by atoms with Crippen LogP contribution in [0.3, 0.4) is 0 Å². The van der Waals surface area contributed by atoms with Gasteiger partial charge in [0, 0.05) is 32.3 Å². The highest BCUT2D eigenvalue weighted by Crippen LogP contribution is 2.40. The Morgan fingerprint density at radius 3 is 2.45 bits per heavy atom. The minimum absolute atomic E-state index is 0.0558. The number of fused-ring (bicyclic) bond motifs is 1. The van der Waals surface area contributed by atoms with Crippen LogP contribution in [0.15, 0.2) is 11.3 Å². The lowest BCUT2D eigenvalue weighted by Crippen LogP contribution is -2.68. The van der Waals surface area contributed by atoms with Crippen molar-refractivity contribution in [1.29, 1.82) is 0 Å². The molecule has 0 saturated carbocycles. The van der Waals surface area contributed by atoms with Crippen molar-refractivity contribution < 1.29 is 38.1 Å². The van der Waals surface area contributed by atoms with Gasteiger partial charge in [0.25, 0.3) is 0 Å². The Morgan fingerprint density at radius 1 is 1.21 bits per heavy atom. The van der Waals surface area contributed by atoms with Crippen molar-refractivity contribution in [1.82, 2.24) is 9.80 Å². The van der Waals surface area contributed by atoms with Gasteiger partial charge < -0.3 is 29.6 Å². The number of hydrogen-bond acceptors (Lipinski definition) is 10. The van der Waals surface area contributed by atoms with E-state index in [1.54, 1.807) is 13.8 Å². The standard InChI is InChI=1S/C17H25N3O8S/c1-8(2)26-17(24)28-9(3)27-15(22)12-10(6-25-16(23)19(4)5)7-29-14-11(18)13(21)20(12)14/h8-9,11,14H,6-7,18H2,1-5H3/t9?,11?,14-/m0/s1. The summed E-state index contributed by atoms with van der Waals surface area (Å²) in [6.45, 7) is 4.42. The third-order valence-electron chi connectivity index (χ3n) is 3.88. The fraction of sp³-hybridized carbons (Fsp3) is 0.647. The Morgan fingerprint density at radius 2 is 1.86 bits per heavy atom. The van der Waals surface area contributed by atoms with Crippen LogP contribution in [-0.2, 0) is 28.5 Å². The number of esters is 1. The number of ether oxygens (including phenoxy) is 4. The second-order valence-corrected chi connectivity index (χ2v) is 7.95. The summed E-state index contributed by atoms with van der Waals surface area (Å²) in [6, 6.07) is -0.733. The number of amides is 2. The molecule has 2 aliphatic rings. The summed E-state index contributed by atoms with van der Waals surface area (Å²) in [4.78, 5) is 50.7. The predicted molar refractivity (Wildman–Crippen MR) is 101 cm³/mol. The van der Waals surface area contributed by atoms with Crippen LogP contribution in [0, 0.1) is 0 Å². The maximum Gasteiger partial charge on any atom is 0.511 e. The summed E-state index contributed by atoms with van der Waals surface area (Å²) in [5.41, 5.74) is 6.13. The molecular weight excluding hydrogens is 406 g/mol. The van der Waals surface area contributed by atoms with Gasteiger partial charge >= 0.3 is 18.2 Å². The van der Waals surface area contributed by atoms with Gasteiger partial charge in [-0.05, 0) is 13.8 Å². The second kappa shape index (κ2) is 9.35. The lowest BCUT2D eigenvalue weighted by atomic mass is 10.0. The first-order valence-electron chi connectivity index (χ1n) is 8.87. The molecule has 3 atom stereocenters. The Balaban J connectivity index is 2.14. The van der Waals surface area contributed by atoms with Crippen LogP contribution in [0.25, 0.3) is 0 Å². The minimum Gasteiger partial charge on any atom is -0.445 e. The Hall–Kier alpha value is -2.47. The zero-order valence-electron chi connectivity index (χ0n) is 16.9. The molecule has 0 bridgehead atoms. The molecule has 29 heavy (non-hydrogen) atoms. The molecule has 162 valence electrons. The van der Waals surface area contributed by atoms with Crippen molar-refractivity contribution in [3.63, 3.8) is 0 Å². The first-order chi connectivity index (χ1) is 13.5. The molecule has 2 unspecified atom stereocenters. The molecule has 2 N–H and O–H groups in total. The van der Waals surface area contributed by atoms with Crippen molar-refractivity contribution in [2.75, 3.05) is 26.5 Å². The number of nitrogens with two attached hydrogens (primary N) is 1. The number of thioether (sulfide) groups is 1. The SMILES string of the molecule is CC(C)OC(=O)OC(C)OC(=O)C1=C(COC(=O)N(C)C)CS[C@H]2C(N)C(=O)N12. The molecule has 0 aromatic heterocycles. The highest BCUT2D eigenvalue weighted by Gasteiger charge is 2.52. The van der Waals surface area contributed by atoms with Gasteiger partial charge in [0.2, 0.25) is 12.2 Å². The van der Waals surface area contributed by atoms with Crippen LogP contribution < -0.4 is 5.73 Å². The molecule has 12 heteroatoms. The molecule has 2 aliphatic heterocycles. The molecule has 0 radical (unpaired) electrons. The van der Waals surface area contributed by atoms with Crippen molar-refractivity contribution >= 4 is 35.9 Å². The van der Waals surface area contributed by atoms with Crippen molar-refractivity contribution in [2.45, 2.75) is 44.6 Å². The van der Waals surface area contributed by atoms with E-state index >= 15 is 0 Å². The molecule has 0 aromatic rings. The quantitative estimate of drug-likeness (QED) is 0.276. The van der Waals surface area contributed by atoms with Crippen molar-refractivity contribution in [2.24, 2.45) is 5.73 Å². The van der Waals surface area contributed by atoms with E-state index in [1.165, 1.54) is 42.6 Å². The Kier molecular flexibility index (Phi) is 7.36. The van der Waals surface area contributed by atoms with Crippen LogP contribution in [-0.4, -0.2) is 84.2 Å². The zero-order chi connectivity index (χ0) is 21.9. The van der Waals surface area contributed by atoms with Gasteiger partial charge in [-0.25, -0.2) is 14.4 Å². The zero-order valence-corrected chi connectivity index (χ0v) is 17.7. The molecule has 2 amide bonds. The van der Waals surface area contributed by atoms with E-state index in [0.29, 0.717) is 11.3 Å². The maximum absolute atomic E-state index is 12.7. The topological polar surface area (TPSA) is 138 Å².